The van der Waals surface area contributed by atoms with Crippen molar-refractivity contribution in [2.75, 3.05) is 0 Å². The van der Waals surface area contributed by atoms with Crippen LogP contribution in [0, 0.1) is 11.8 Å². The molecule has 47 heavy (non-hydrogen) atoms. The molecule has 3 aliphatic carbocycles. The highest BCUT2D eigenvalue weighted by Gasteiger charge is 2.72. The lowest BCUT2D eigenvalue weighted by Gasteiger charge is -2.45. The summed E-state index contributed by atoms with van der Waals surface area (Å²) in [6.45, 7) is 0. The number of hydrogen-bond donors (Lipinski definition) is 2. The van der Waals surface area contributed by atoms with E-state index in [1.165, 1.54) is 35.0 Å². The van der Waals surface area contributed by atoms with E-state index >= 15 is 0 Å². The highest BCUT2D eigenvalue weighted by Crippen LogP contribution is 2.59. The van der Waals surface area contributed by atoms with E-state index < -0.39 is 71.8 Å². The molecule has 13 heteroatoms. The first-order valence-corrected chi connectivity index (χ1v) is 19.2. The van der Waals surface area contributed by atoms with Crippen LogP contribution in [-0.2, 0) is 34.5 Å². The number of sulfonamides is 1. The minimum absolute atomic E-state index is 0.0229. The number of hydrogen-bond acceptors (Lipinski definition) is 9. The van der Waals surface area contributed by atoms with Crippen LogP contribution in [0.15, 0.2) is 89.8 Å². The maximum absolute atomic E-state index is 14.1. The number of esters is 2. The second-order valence-electron chi connectivity index (χ2n) is 12.8. The molecule has 3 aliphatic heterocycles. The first kappa shape index (κ1) is 29.4. The van der Waals surface area contributed by atoms with Gasteiger partial charge in [0, 0.05) is 27.9 Å². The van der Waals surface area contributed by atoms with Crippen LogP contribution < -0.4 is 9.46 Å². The molecule has 3 fully saturated rings. The molecule has 0 aromatic heterocycles. The predicted molar refractivity (Wildman–Crippen MR) is 172 cm³/mol. The van der Waals surface area contributed by atoms with Gasteiger partial charge in [0.05, 0.1) is 23.1 Å². The quantitative estimate of drug-likeness (QED) is 0.179. The number of benzene rings is 4. The number of ether oxygens (including phenoxy) is 2. The van der Waals surface area contributed by atoms with E-state index in [9.17, 15) is 31.0 Å². The molecule has 10 rings (SSSR count). The molecule has 240 valence electrons. The zero-order chi connectivity index (χ0) is 32.4. The summed E-state index contributed by atoms with van der Waals surface area (Å²) in [6.07, 6.45) is -0.309. The fourth-order valence-electron chi connectivity index (χ4n) is 8.70. The zero-order valence-corrected chi connectivity index (χ0v) is 26.9. The molecule has 0 radical (unpaired) electrons. The molecule has 0 saturated carbocycles. The third kappa shape index (κ3) is 4.23. The predicted octanol–water partition coefficient (Wildman–Crippen LogP) is 3.99. The average Bonchev–Trinajstić information content (AvgIpc) is 3.67. The van der Waals surface area contributed by atoms with Crippen molar-refractivity contribution < 1.29 is 40.5 Å². The second-order valence-corrected chi connectivity index (χ2v) is 17.4. The van der Waals surface area contributed by atoms with Crippen molar-refractivity contribution in [2.24, 2.45) is 11.8 Å². The van der Waals surface area contributed by atoms with E-state index in [0.29, 0.717) is 6.42 Å². The van der Waals surface area contributed by atoms with Crippen LogP contribution in [0.4, 0.5) is 0 Å². The van der Waals surface area contributed by atoms with Gasteiger partial charge < -0.3 is 9.47 Å². The van der Waals surface area contributed by atoms with Gasteiger partial charge in [-0.3, -0.25) is 14.1 Å². The van der Waals surface area contributed by atoms with Crippen LogP contribution in [0.1, 0.15) is 40.5 Å². The molecule has 4 aromatic rings. The van der Waals surface area contributed by atoms with Gasteiger partial charge in [-0.15, -0.1) is 11.8 Å². The third-order valence-corrected chi connectivity index (χ3v) is 15.3. The van der Waals surface area contributed by atoms with Crippen molar-refractivity contribution in [1.29, 1.82) is 0 Å². The molecule has 2 N–H and O–H groups in total. The number of carbonyl (C=O) groups excluding carboxylic acids is 2. The van der Waals surface area contributed by atoms with E-state index in [1.807, 2.05) is 24.3 Å². The number of fused-ring (bicyclic) bond motifs is 3. The topological polar surface area (TPSA) is 153 Å². The SMILES string of the molecule is O=C(OC1C2NS(=O)(=O)C3C2SC1C3C(=O)Oc1ccc(S(=O)(=O)O)c2ccccc12)C1CC2c3ccccc3C1c1ccccc12. The van der Waals surface area contributed by atoms with Crippen molar-refractivity contribution in [3.05, 3.63) is 107 Å². The molecule has 7 atom stereocenters. The summed E-state index contributed by atoms with van der Waals surface area (Å²) in [4.78, 5) is 27.6. The Morgan fingerprint density at radius 1 is 0.809 bits per heavy atom. The van der Waals surface area contributed by atoms with Gasteiger partial charge in [-0.2, -0.15) is 8.42 Å². The van der Waals surface area contributed by atoms with Crippen LogP contribution in [-0.4, -0.2) is 61.2 Å². The van der Waals surface area contributed by atoms with Gasteiger partial charge in [-0.25, -0.2) is 13.1 Å². The summed E-state index contributed by atoms with van der Waals surface area (Å²) >= 11 is 1.33. The molecular weight excluding hydrogens is 663 g/mol. The van der Waals surface area contributed by atoms with Crippen molar-refractivity contribution >= 4 is 54.6 Å². The van der Waals surface area contributed by atoms with Crippen LogP contribution >= 0.6 is 11.8 Å². The number of carbonyl (C=O) groups is 2. The summed E-state index contributed by atoms with van der Waals surface area (Å²) < 4.78 is 75.1. The standard InChI is InChI=1S/C34H27NO9S3/c36-33(23-15-22-16-7-1-5-11-20(16)26(23)21-12-6-2-8-17(21)22)44-29-28-31-32(46(38,39)35-28)27(30(29)45-31)34(37)43-24-13-14-25(47(40,41)42)19-10-4-3-9-18(19)24/h1-14,22-23,26-32,35H,15H2,(H,40,41,42). The summed E-state index contributed by atoms with van der Waals surface area (Å²) in [5, 5.41) is -1.84. The first-order valence-electron chi connectivity index (χ1n) is 15.3. The Hall–Kier alpha value is -3.75. The van der Waals surface area contributed by atoms with Crippen molar-refractivity contribution in [2.45, 2.75) is 51.0 Å². The second kappa shape index (κ2) is 10.1. The Labute approximate surface area is 274 Å². The van der Waals surface area contributed by atoms with Crippen LogP contribution in [0.5, 0.6) is 5.75 Å². The lowest BCUT2D eigenvalue weighted by molar-refractivity contribution is -0.159. The summed E-state index contributed by atoms with van der Waals surface area (Å²) in [7, 11) is -8.51. The average molecular weight is 690 g/mol. The van der Waals surface area contributed by atoms with E-state index in [4.69, 9.17) is 9.47 Å². The summed E-state index contributed by atoms with van der Waals surface area (Å²) in [5.41, 5.74) is 4.62. The maximum Gasteiger partial charge on any atom is 0.317 e. The van der Waals surface area contributed by atoms with E-state index in [1.54, 1.807) is 18.2 Å². The van der Waals surface area contributed by atoms with Gasteiger partial charge >= 0.3 is 11.9 Å². The Kier molecular flexibility index (Phi) is 6.33. The molecule has 6 aliphatic rings. The molecule has 0 spiro atoms. The van der Waals surface area contributed by atoms with Crippen molar-refractivity contribution in [3.8, 4) is 5.75 Å². The first-order chi connectivity index (χ1) is 22.5. The Morgan fingerprint density at radius 3 is 2.09 bits per heavy atom. The van der Waals surface area contributed by atoms with Crippen LogP contribution in [0.2, 0.25) is 0 Å². The Balaban J connectivity index is 1.03. The number of rotatable bonds is 5. The molecule has 10 nitrogen and oxygen atoms in total. The molecular formula is C34H27NO9S3. The van der Waals surface area contributed by atoms with Crippen molar-refractivity contribution in [1.82, 2.24) is 4.72 Å². The van der Waals surface area contributed by atoms with Gasteiger partial charge in [0.2, 0.25) is 10.0 Å². The van der Waals surface area contributed by atoms with Gasteiger partial charge in [0.1, 0.15) is 22.0 Å². The molecule has 4 aromatic carbocycles. The summed E-state index contributed by atoms with van der Waals surface area (Å²) in [5.74, 6) is -2.97. The molecule has 0 amide bonds. The van der Waals surface area contributed by atoms with Gasteiger partial charge in [-0.1, -0.05) is 72.8 Å². The largest absolute Gasteiger partial charge is 0.459 e. The van der Waals surface area contributed by atoms with Crippen molar-refractivity contribution in [3.63, 3.8) is 0 Å². The van der Waals surface area contributed by atoms with Gasteiger partial charge in [-0.05, 0) is 40.8 Å². The monoisotopic (exact) mass is 689 g/mol. The van der Waals surface area contributed by atoms with Crippen LogP contribution in [0.3, 0.4) is 0 Å². The minimum Gasteiger partial charge on any atom is -0.459 e. The fraction of sp³-hybridized carbons (Fsp3) is 0.294. The lowest BCUT2D eigenvalue weighted by Crippen LogP contribution is -2.52. The highest BCUT2D eigenvalue weighted by atomic mass is 32.2. The number of thioether (sulfide) groups is 1. The Morgan fingerprint density at radius 2 is 1.43 bits per heavy atom. The smallest absolute Gasteiger partial charge is 0.317 e. The maximum atomic E-state index is 14.1. The molecule has 4 bridgehead atoms. The third-order valence-electron chi connectivity index (χ3n) is 10.5. The minimum atomic E-state index is -4.56. The van der Waals surface area contributed by atoms with Crippen LogP contribution in [0.25, 0.3) is 10.8 Å². The zero-order valence-electron chi connectivity index (χ0n) is 24.4. The van der Waals surface area contributed by atoms with Gasteiger partial charge in [0.25, 0.3) is 10.1 Å². The highest BCUT2D eigenvalue weighted by molar-refractivity contribution is 8.03. The van der Waals surface area contributed by atoms with Gasteiger partial charge in [0.15, 0.2) is 0 Å². The number of nitrogens with one attached hydrogen (secondary N) is 1. The molecule has 3 saturated heterocycles. The van der Waals surface area contributed by atoms with E-state index in [2.05, 4.69) is 29.0 Å². The molecule has 7 unspecified atom stereocenters. The normalized spacial score (nSPS) is 32.1. The fourth-order valence-corrected chi connectivity index (χ4v) is 14.1. The summed E-state index contributed by atoms with van der Waals surface area (Å²) in [6, 6.07) is 24.3. The van der Waals surface area contributed by atoms with E-state index in [-0.39, 0.29) is 33.3 Å². The molecule has 3 heterocycles. The lowest BCUT2D eigenvalue weighted by atomic mass is 9.59. The van der Waals surface area contributed by atoms with E-state index in [0.717, 1.165) is 17.2 Å². The Bertz CT molecular complexity index is 2210.